The van der Waals surface area contributed by atoms with E-state index in [1.54, 1.807) is 6.20 Å². The van der Waals surface area contributed by atoms with Gasteiger partial charge in [0, 0.05) is 11.4 Å². The lowest BCUT2D eigenvalue weighted by Crippen LogP contribution is -2.25. The van der Waals surface area contributed by atoms with Gasteiger partial charge < -0.3 is 5.32 Å². The summed E-state index contributed by atoms with van der Waals surface area (Å²) in [4.78, 5) is 1.46. The van der Waals surface area contributed by atoms with Gasteiger partial charge in [-0.2, -0.15) is 5.10 Å². The van der Waals surface area contributed by atoms with Crippen LogP contribution in [0.3, 0.4) is 0 Å². The van der Waals surface area contributed by atoms with Crippen LogP contribution in [-0.4, -0.2) is 16.3 Å². The highest BCUT2D eigenvalue weighted by Gasteiger charge is 2.19. The molecule has 0 fully saturated rings. The zero-order chi connectivity index (χ0) is 15.1. The maximum Gasteiger partial charge on any atom is 0.0834 e. The van der Waals surface area contributed by atoms with Gasteiger partial charge >= 0.3 is 0 Å². The maximum atomic E-state index is 6.35. The van der Waals surface area contributed by atoms with Gasteiger partial charge in [-0.25, -0.2) is 0 Å². The highest BCUT2D eigenvalue weighted by molar-refractivity contribution is 7.09. The molecular formula is C16H24ClN3S. The second-order valence-electron chi connectivity index (χ2n) is 5.17. The zero-order valence-corrected chi connectivity index (χ0v) is 14.4. The second kappa shape index (κ2) is 8.57. The van der Waals surface area contributed by atoms with E-state index in [-0.39, 0.29) is 0 Å². The van der Waals surface area contributed by atoms with Crippen LogP contribution in [0.2, 0.25) is 5.02 Å². The standard InChI is InChI=1S/C16H24ClN3S/c1-3-10-18-15(9-5-7-13-8-6-11-21-13)16-14(17)12-19-20(16)4-2/h6,8,11-12,15,18H,3-5,7,9-10H2,1-2H3. The highest BCUT2D eigenvalue weighted by atomic mass is 35.5. The fraction of sp³-hybridized carbons (Fsp3) is 0.562. The first-order chi connectivity index (χ1) is 10.3. The number of aryl methyl sites for hydroxylation is 2. The Labute approximate surface area is 136 Å². The molecule has 1 unspecified atom stereocenters. The van der Waals surface area contributed by atoms with Crippen LogP contribution in [0, 0.1) is 0 Å². The Morgan fingerprint density at radius 1 is 1.43 bits per heavy atom. The molecule has 0 aliphatic rings. The van der Waals surface area contributed by atoms with Crippen LogP contribution in [0.4, 0.5) is 0 Å². The number of hydrogen-bond donors (Lipinski definition) is 1. The number of nitrogens with zero attached hydrogens (tertiary/aromatic N) is 2. The molecule has 0 aliphatic carbocycles. The van der Waals surface area contributed by atoms with Crippen molar-refractivity contribution in [2.24, 2.45) is 0 Å². The molecule has 2 aromatic rings. The Morgan fingerprint density at radius 2 is 2.29 bits per heavy atom. The fourth-order valence-electron chi connectivity index (χ4n) is 2.56. The maximum absolute atomic E-state index is 6.35. The van der Waals surface area contributed by atoms with Crippen molar-refractivity contribution >= 4 is 22.9 Å². The summed E-state index contributed by atoms with van der Waals surface area (Å²) >= 11 is 8.19. The van der Waals surface area contributed by atoms with Crippen molar-refractivity contribution in [2.75, 3.05) is 6.54 Å². The molecule has 0 bridgehead atoms. The summed E-state index contributed by atoms with van der Waals surface area (Å²) in [6, 6.07) is 4.62. The van der Waals surface area contributed by atoms with Gasteiger partial charge in [-0.1, -0.05) is 24.6 Å². The van der Waals surface area contributed by atoms with Crippen molar-refractivity contribution in [3.8, 4) is 0 Å². The number of aromatic nitrogens is 2. The summed E-state index contributed by atoms with van der Waals surface area (Å²) in [6.45, 7) is 6.16. The Bertz CT molecular complexity index is 522. The monoisotopic (exact) mass is 325 g/mol. The average Bonchev–Trinajstić information content (AvgIpc) is 3.12. The van der Waals surface area contributed by atoms with Gasteiger partial charge in [0.2, 0.25) is 0 Å². The smallest absolute Gasteiger partial charge is 0.0834 e. The van der Waals surface area contributed by atoms with E-state index in [1.807, 2.05) is 16.0 Å². The van der Waals surface area contributed by atoms with E-state index >= 15 is 0 Å². The zero-order valence-electron chi connectivity index (χ0n) is 12.8. The molecule has 21 heavy (non-hydrogen) atoms. The van der Waals surface area contributed by atoms with Gasteiger partial charge in [0.1, 0.15) is 0 Å². The van der Waals surface area contributed by atoms with E-state index in [1.165, 1.54) is 4.88 Å². The highest BCUT2D eigenvalue weighted by Crippen LogP contribution is 2.27. The molecule has 3 nitrogen and oxygen atoms in total. The van der Waals surface area contributed by atoms with Crippen LogP contribution in [0.5, 0.6) is 0 Å². The number of nitrogens with one attached hydrogen (secondary N) is 1. The molecule has 0 saturated carbocycles. The SMILES string of the molecule is CCCNC(CCCc1cccs1)c1c(Cl)cnn1CC. The lowest BCUT2D eigenvalue weighted by molar-refractivity contribution is 0.446. The third-order valence-electron chi connectivity index (χ3n) is 3.60. The van der Waals surface area contributed by atoms with Crippen LogP contribution in [0.15, 0.2) is 23.7 Å². The lowest BCUT2D eigenvalue weighted by Gasteiger charge is -2.20. The van der Waals surface area contributed by atoms with E-state index in [2.05, 4.69) is 41.8 Å². The second-order valence-corrected chi connectivity index (χ2v) is 6.61. The van der Waals surface area contributed by atoms with Gasteiger partial charge in [0.15, 0.2) is 0 Å². The first kappa shape index (κ1) is 16.5. The summed E-state index contributed by atoms with van der Waals surface area (Å²) < 4.78 is 2.01. The van der Waals surface area contributed by atoms with Crippen molar-refractivity contribution in [2.45, 2.75) is 52.1 Å². The number of halogens is 1. The molecular weight excluding hydrogens is 302 g/mol. The van der Waals surface area contributed by atoms with E-state index in [0.29, 0.717) is 6.04 Å². The Hall–Kier alpha value is -0.840. The molecule has 0 aromatic carbocycles. The van der Waals surface area contributed by atoms with Gasteiger partial charge in [-0.15, -0.1) is 11.3 Å². The molecule has 2 aromatic heterocycles. The van der Waals surface area contributed by atoms with E-state index < -0.39 is 0 Å². The van der Waals surface area contributed by atoms with E-state index in [9.17, 15) is 0 Å². The van der Waals surface area contributed by atoms with Crippen LogP contribution in [-0.2, 0) is 13.0 Å². The minimum atomic E-state index is 0.292. The van der Waals surface area contributed by atoms with Gasteiger partial charge in [0.05, 0.1) is 23.0 Å². The predicted octanol–water partition coefficient (Wildman–Crippen LogP) is 4.68. The Kier molecular flexibility index (Phi) is 6.74. The molecule has 5 heteroatoms. The van der Waals surface area contributed by atoms with Crippen molar-refractivity contribution in [3.05, 3.63) is 39.3 Å². The summed E-state index contributed by atoms with van der Waals surface area (Å²) in [7, 11) is 0. The molecule has 1 atom stereocenters. The minimum absolute atomic E-state index is 0.292. The topological polar surface area (TPSA) is 29.9 Å². The normalized spacial score (nSPS) is 12.7. The molecule has 0 aliphatic heterocycles. The van der Waals surface area contributed by atoms with Gasteiger partial charge in [0.25, 0.3) is 0 Å². The summed E-state index contributed by atoms with van der Waals surface area (Å²) in [5.41, 5.74) is 1.14. The van der Waals surface area contributed by atoms with Crippen molar-refractivity contribution < 1.29 is 0 Å². The molecule has 0 amide bonds. The van der Waals surface area contributed by atoms with E-state index in [4.69, 9.17) is 11.6 Å². The Morgan fingerprint density at radius 3 is 2.95 bits per heavy atom. The summed E-state index contributed by atoms with van der Waals surface area (Å²) in [6.07, 6.45) is 6.27. The first-order valence-corrected chi connectivity index (χ1v) is 8.99. The third kappa shape index (κ3) is 4.56. The largest absolute Gasteiger partial charge is 0.309 e. The number of rotatable bonds is 9. The van der Waals surface area contributed by atoms with Crippen LogP contribution >= 0.6 is 22.9 Å². The first-order valence-electron chi connectivity index (χ1n) is 7.73. The number of thiophene rings is 1. The fourth-order valence-corrected chi connectivity index (χ4v) is 3.58. The van der Waals surface area contributed by atoms with Crippen molar-refractivity contribution in [1.82, 2.24) is 15.1 Å². The lowest BCUT2D eigenvalue weighted by atomic mass is 10.1. The molecule has 0 spiro atoms. The number of hydrogen-bond acceptors (Lipinski definition) is 3. The molecule has 0 saturated heterocycles. The summed E-state index contributed by atoms with van der Waals surface area (Å²) in [5.74, 6) is 0. The summed E-state index contributed by atoms with van der Waals surface area (Å²) in [5, 5.41) is 10.9. The molecule has 2 rings (SSSR count). The van der Waals surface area contributed by atoms with Crippen molar-refractivity contribution in [3.63, 3.8) is 0 Å². The third-order valence-corrected chi connectivity index (χ3v) is 4.83. The Balaban J connectivity index is 2.01. The molecule has 116 valence electrons. The van der Waals surface area contributed by atoms with Gasteiger partial charge in [-0.05, 0) is 50.6 Å². The van der Waals surface area contributed by atoms with Gasteiger partial charge in [-0.3, -0.25) is 4.68 Å². The van der Waals surface area contributed by atoms with Crippen LogP contribution in [0.25, 0.3) is 0 Å². The van der Waals surface area contributed by atoms with Crippen LogP contribution in [0.1, 0.15) is 49.7 Å². The van der Waals surface area contributed by atoms with E-state index in [0.717, 1.165) is 49.5 Å². The average molecular weight is 326 g/mol. The quantitative estimate of drug-likeness (QED) is 0.725. The predicted molar refractivity (Wildman–Crippen MR) is 91.2 cm³/mol. The minimum Gasteiger partial charge on any atom is -0.309 e. The van der Waals surface area contributed by atoms with Crippen molar-refractivity contribution in [1.29, 1.82) is 0 Å². The van der Waals surface area contributed by atoms with Crippen LogP contribution < -0.4 is 5.32 Å². The molecule has 2 heterocycles. The molecule has 1 N–H and O–H groups in total. The molecule has 0 radical (unpaired) electrons.